The normalized spacial score (nSPS) is 16.7. The third kappa shape index (κ3) is 4.86. The number of hydrogen-bond acceptors (Lipinski definition) is 4. The summed E-state index contributed by atoms with van der Waals surface area (Å²) in [6.45, 7) is 5.42. The number of ether oxygens (including phenoxy) is 2. The Morgan fingerprint density at radius 2 is 1.78 bits per heavy atom. The van der Waals surface area contributed by atoms with E-state index in [4.69, 9.17) is 15.2 Å². The first-order valence-corrected chi connectivity index (χ1v) is 8.54. The second kappa shape index (κ2) is 8.20. The summed E-state index contributed by atoms with van der Waals surface area (Å²) >= 11 is 0. The first-order valence-electron chi connectivity index (χ1n) is 8.54. The van der Waals surface area contributed by atoms with E-state index in [0.29, 0.717) is 36.8 Å². The minimum Gasteiger partial charge on any atom is -0.490 e. The molecule has 0 radical (unpaired) electrons. The number of amides is 1. The molecule has 0 aromatic heterocycles. The van der Waals surface area contributed by atoms with Crippen LogP contribution in [0.3, 0.4) is 0 Å². The summed E-state index contributed by atoms with van der Waals surface area (Å²) in [6.07, 6.45) is 5.47. The summed E-state index contributed by atoms with van der Waals surface area (Å²) in [7, 11) is 0. The fourth-order valence-corrected chi connectivity index (χ4v) is 2.98. The molecule has 1 aromatic rings. The van der Waals surface area contributed by atoms with Crippen LogP contribution in [0.15, 0.2) is 18.2 Å². The van der Waals surface area contributed by atoms with Crippen molar-refractivity contribution in [3.05, 3.63) is 23.8 Å². The Labute approximate surface area is 138 Å². The highest BCUT2D eigenvalue weighted by Crippen LogP contribution is 2.29. The Morgan fingerprint density at radius 3 is 2.43 bits per heavy atom. The van der Waals surface area contributed by atoms with Gasteiger partial charge in [-0.25, -0.2) is 0 Å². The monoisotopic (exact) mass is 320 g/mol. The van der Waals surface area contributed by atoms with Crippen molar-refractivity contribution in [3.63, 3.8) is 0 Å². The molecule has 5 nitrogen and oxygen atoms in total. The van der Waals surface area contributed by atoms with Gasteiger partial charge in [-0.2, -0.15) is 0 Å². The highest BCUT2D eigenvalue weighted by atomic mass is 16.5. The molecular formula is C18H28N2O3. The molecule has 5 heteroatoms. The molecular weight excluding hydrogens is 292 g/mol. The van der Waals surface area contributed by atoms with Crippen molar-refractivity contribution in [2.24, 2.45) is 5.73 Å². The second-order valence-corrected chi connectivity index (χ2v) is 6.13. The van der Waals surface area contributed by atoms with Gasteiger partial charge in [-0.3, -0.25) is 4.79 Å². The van der Waals surface area contributed by atoms with Crippen LogP contribution in [0.1, 0.15) is 56.3 Å². The number of carbonyl (C=O) groups excluding carboxylic acids is 1. The molecule has 3 N–H and O–H groups in total. The minimum absolute atomic E-state index is 0.121. The molecule has 0 saturated heterocycles. The van der Waals surface area contributed by atoms with Crippen LogP contribution in [-0.2, 0) is 0 Å². The van der Waals surface area contributed by atoms with E-state index in [2.05, 4.69) is 5.32 Å². The van der Waals surface area contributed by atoms with Crippen LogP contribution >= 0.6 is 0 Å². The topological polar surface area (TPSA) is 73.6 Å². The minimum atomic E-state index is -0.262. The molecule has 1 saturated carbocycles. The quantitative estimate of drug-likeness (QED) is 0.810. The van der Waals surface area contributed by atoms with Crippen LogP contribution < -0.4 is 20.5 Å². The lowest BCUT2D eigenvalue weighted by Crippen LogP contribution is -2.51. The zero-order valence-electron chi connectivity index (χ0n) is 14.2. The highest BCUT2D eigenvalue weighted by Gasteiger charge is 2.27. The van der Waals surface area contributed by atoms with Crippen molar-refractivity contribution in [2.75, 3.05) is 19.8 Å². The van der Waals surface area contributed by atoms with Gasteiger partial charge in [-0.05, 0) is 44.9 Å². The summed E-state index contributed by atoms with van der Waals surface area (Å²) in [5, 5.41) is 2.97. The first-order chi connectivity index (χ1) is 11.1. The molecule has 1 aromatic carbocycles. The standard InChI is InChI=1S/C18H28N2O3/c1-3-22-15-9-8-14(12-16(15)23-4-2)17(21)20-13-18(19)10-6-5-7-11-18/h8-9,12H,3-7,10-11,13,19H2,1-2H3,(H,20,21). The summed E-state index contributed by atoms with van der Waals surface area (Å²) in [5.74, 6) is 1.14. The number of nitrogens with one attached hydrogen (secondary N) is 1. The molecule has 2 rings (SSSR count). The summed E-state index contributed by atoms with van der Waals surface area (Å²) in [6, 6.07) is 5.27. The van der Waals surface area contributed by atoms with E-state index in [1.807, 2.05) is 13.8 Å². The number of rotatable bonds is 7. The van der Waals surface area contributed by atoms with Crippen molar-refractivity contribution >= 4 is 5.91 Å². The van der Waals surface area contributed by atoms with Gasteiger partial charge >= 0.3 is 0 Å². The molecule has 1 amide bonds. The van der Waals surface area contributed by atoms with E-state index in [9.17, 15) is 4.79 Å². The van der Waals surface area contributed by atoms with E-state index in [1.54, 1.807) is 18.2 Å². The number of carbonyl (C=O) groups is 1. The zero-order valence-corrected chi connectivity index (χ0v) is 14.2. The SMILES string of the molecule is CCOc1ccc(C(=O)NCC2(N)CCCCC2)cc1OCC. The maximum absolute atomic E-state index is 12.4. The van der Waals surface area contributed by atoms with Crippen LogP contribution in [-0.4, -0.2) is 31.2 Å². The van der Waals surface area contributed by atoms with E-state index in [-0.39, 0.29) is 11.4 Å². The van der Waals surface area contributed by atoms with Gasteiger partial charge in [-0.1, -0.05) is 19.3 Å². The predicted octanol–water partition coefficient (Wildman–Crippen LogP) is 2.88. The lowest BCUT2D eigenvalue weighted by atomic mass is 9.82. The van der Waals surface area contributed by atoms with Crippen molar-refractivity contribution in [1.82, 2.24) is 5.32 Å². The summed E-state index contributed by atoms with van der Waals surface area (Å²) < 4.78 is 11.1. The number of hydrogen-bond donors (Lipinski definition) is 2. The van der Waals surface area contributed by atoms with Crippen molar-refractivity contribution in [3.8, 4) is 11.5 Å². The third-order valence-corrected chi connectivity index (χ3v) is 4.26. The van der Waals surface area contributed by atoms with E-state index >= 15 is 0 Å². The second-order valence-electron chi connectivity index (χ2n) is 6.13. The van der Waals surface area contributed by atoms with Crippen LogP contribution in [0.5, 0.6) is 11.5 Å². The van der Waals surface area contributed by atoms with Gasteiger partial charge in [0, 0.05) is 17.6 Å². The Kier molecular flexibility index (Phi) is 6.28. The largest absolute Gasteiger partial charge is 0.490 e. The Hall–Kier alpha value is -1.75. The van der Waals surface area contributed by atoms with Gasteiger partial charge < -0.3 is 20.5 Å². The maximum atomic E-state index is 12.4. The molecule has 1 fully saturated rings. The molecule has 1 aliphatic rings. The van der Waals surface area contributed by atoms with Crippen LogP contribution in [0.2, 0.25) is 0 Å². The lowest BCUT2D eigenvalue weighted by molar-refractivity contribution is 0.0937. The molecule has 1 aliphatic carbocycles. The average molecular weight is 320 g/mol. The molecule has 0 heterocycles. The summed E-state index contributed by atoms with van der Waals surface area (Å²) in [4.78, 5) is 12.4. The molecule has 0 atom stereocenters. The fraction of sp³-hybridized carbons (Fsp3) is 0.611. The van der Waals surface area contributed by atoms with Gasteiger partial charge in [0.25, 0.3) is 5.91 Å². The lowest BCUT2D eigenvalue weighted by Gasteiger charge is -2.33. The molecule has 0 bridgehead atoms. The van der Waals surface area contributed by atoms with Gasteiger partial charge in [0.1, 0.15) is 0 Å². The predicted molar refractivity (Wildman–Crippen MR) is 91.1 cm³/mol. The Balaban J connectivity index is 2.02. The van der Waals surface area contributed by atoms with Crippen LogP contribution in [0, 0.1) is 0 Å². The average Bonchev–Trinajstić information content (AvgIpc) is 2.55. The van der Waals surface area contributed by atoms with Crippen molar-refractivity contribution < 1.29 is 14.3 Å². The van der Waals surface area contributed by atoms with Gasteiger partial charge in [-0.15, -0.1) is 0 Å². The molecule has 0 aliphatic heterocycles. The summed E-state index contributed by atoms with van der Waals surface area (Å²) in [5.41, 5.74) is 6.67. The fourth-order valence-electron chi connectivity index (χ4n) is 2.98. The first kappa shape index (κ1) is 17.6. The molecule has 23 heavy (non-hydrogen) atoms. The highest BCUT2D eigenvalue weighted by molar-refractivity contribution is 5.94. The van der Waals surface area contributed by atoms with Gasteiger partial charge in [0.05, 0.1) is 13.2 Å². The smallest absolute Gasteiger partial charge is 0.251 e. The van der Waals surface area contributed by atoms with Crippen molar-refractivity contribution in [1.29, 1.82) is 0 Å². The van der Waals surface area contributed by atoms with E-state index < -0.39 is 0 Å². The number of benzene rings is 1. The van der Waals surface area contributed by atoms with Crippen LogP contribution in [0.4, 0.5) is 0 Å². The van der Waals surface area contributed by atoms with Crippen LogP contribution in [0.25, 0.3) is 0 Å². The molecule has 0 spiro atoms. The Bertz CT molecular complexity index is 525. The molecule has 0 unspecified atom stereocenters. The third-order valence-electron chi connectivity index (χ3n) is 4.26. The maximum Gasteiger partial charge on any atom is 0.251 e. The number of nitrogens with two attached hydrogens (primary N) is 1. The van der Waals surface area contributed by atoms with Gasteiger partial charge in [0.2, 0.25) is 0 Å². The zero-order chi connectivity index (χ0) is 16.7. The van der Waals surface area contributed by atoms with E-state index in [1.165, 1.54) is 6.42 Å². The Morgan fingerprint density at radius 1 is 1.13 bits per heavy atom. The van der Waals surface area contributed by atoms with Crippen molar-refractivity contribution in [2.45, 2.75) is 51.5 Å². The molecule has 128 valence electrons. The van der Waals surface area contributed by atoms with E-state index in [0.717, 1.165) is 25.7 Å². The van der Waals surface area contributed by atoms with Gasteiger partial charge in [0.15, 0.2) is 11.5 Å².